The fourth-order valence-corrected chi connectivity index (χ4v) is 2.20. The smallest absolute Gasteiger partial charge is 0.182 e. The lowest BCUT2D eigenvalue weighted by Crippen LogP contribution is -2.13. The normalized spacial score (nSPS) is 10.1. The average Bonchev–Trinajstić information content (AvgIpc) is 2.59. The van der Waals surface area contributed by atoms with Gasteiger partial charge < -0.3 is 10.1 Å². The van der Waals surface area contributed by atoms with Crippen LogP contribution in [0.2, 0.25) is 0 Å². The molecule has 5 nitrogen and oxygen atoms in total. The van der Waals surface area contributed by atoms with Crippen molar-refractivity contribution in [1.82, 2.24) is 9.97 Å². The third-order valence-electron chi connectivity index (χ3n) is 3.21. The zero-order valence-electron chi connectivity index (χ0n) is 11.9. The molecular weight excluding hydrogens is 276 g/mol. The van der Waals surface area contributed by atoms with E-state index in [2.05, 4.69) is 27.4 Å². The van der Waals surface area contributed by atoms with Crippen LogP contribution in [-0.2, 0) is 0 Å². The SMILES string of the molecule is N#Cc1nccnc1NCCOc1cccc2ccccc12. The number of rotatable bonds is 5. The zero-order chi connectivity index (χ0) is 15.2. The first-order valence-electron chi connectivity index (χ1n) is 6.94. The van der Waals surface area contributed by atoms with Crippen molar-refractivity contribution in [2.24, 2.45) is 0 Å². The lowest BCUT2D eigenvalue weighted by Gasteiger charge is -2.10. The van der Waals surface area contributed by atoms with Crippen LogP contribution in [0, 0.1) is 11.3 Å². The molecular formula is C17H14N4O. The average molecular weight is 290 g/mol. The van der Waals surface area contributed by atoms with E-state index in [1.165, 1.54) is 6.20 Å². The topological polar surface area (TPSA) is 70.8 Å². The molecule has 0 atom stereocenters. The third-order valence-corrected chi connectivity index (χ3v) is 3.21. The number of ether oxygens (including phenoxy) is 1. The molecule has 0 saturated carbocycles. The summed E-state index contributed by atoms with van der Waals surface area (Å²) in [6, 6.07) is 16.1. The Labute approximate surface area is 128 Å². The van der Waals surface area contributed by atoms with Gasteiger partial charge in [-0.25, -0.2) is 9.97 Å². The standard InChI is InChI=1S/C17H14N4O/c18-12-15-17(20-9-8-19-15)21-10-11-22-16-7-3-5-13-4-1-2-6-14(13)16/h1-9H,10-11H2,(H,20,21). The van der Waals surface area contributed by atoms with Crippen molar-refractivity contribution in [3.63, 3.8) is 0 Å². The van der Waals surface area contributed by atoms with E-state index in [0.717, 1.165) is 16.5 Å². The second kappa shape index (κ2) is 6.55. The van der Waals surface area contributed by atoms with E-state index in [1.54, 1.807) is 6.20 Å². The van der Waals surface area contributed by atoms with E-state index in [1.807, 2.05) is 36.4 Å². The molecule has 3 aromatic rings. The van der Waals surface area contributed by atoms with Gasteiger partial charge in [0.2, 0.25) is 0 Å². The summed E-state index contributed by atoms with van der Waals surface area (Å²) in [7, 11) is 0. The number of hydrogen-bond acceptors (Lipinski definition) is 5. The van der Waals surface area contributed by atoms with Gasteiger partial charge in [0.1, 0.15) is 18.4 Å². The largest absolute Gasteiger partial charge is 0.491 e. The number of nitriles is 1. The van der Waals surface area contributed by atoms with E-state index in [4.69, 9.17) is 10.00 Å². The van der Waals surface area contributed by atoms with Crippen LogP contribution < -0.4 is 10.1 Å². The van der Waals surface area contributed by atoms with Gasteiger partial charge in [0.15, 0.2) is 11.5 Å². The van der Waals surface area contributed by atoms with Gasteiger partial charge in [-0.2, -0.15) is 5.26 Å². The highest BCUT2D eigenvalue weighted by atomic mass is 16.5. The molecule has 0 saturated heterocycles. The second-order valence-electron chi connectivity index (χ2n) is 4.62. The van der Waals surface area contributed by atoms with Gasteiger partial charge in [0.05, 0.1) is 6.54 Å². The Morgan fingerprint density at radius 2 is 1.86 bits per heavy atom. The van der Waals surface area contributed by atoms with Crippen LogP contribution in [0.3, 0.4) is 0 Å². The van der Waals surface area contributed by atoms with Crippen LogP contribution in [0.4, 0.5) is 5.82 Å². The molecule has 0 fully saturated rings. The maximum atomic E-state index is 8.95. The number of anilines is 1. The Morgan fingerprint density at radius 1 is 1.05 bits per heavy atom. The van der Waals surface area contributed by atoms with Crippen LogP contribution in [0.15, 0.2) is 54.9 Å². The molecule has 0 radical (unpaired) electrons. The molecule has 0 spiro atoms. The first kappa shape index (κ1) is 13.8. The van der Waals surface area contributed by atoms with Gasteiger partial charge >= 0.3 is 0 Å². The highest BCUT2D eigenvalue weighted by Gasteiger charge is 2.04. The maximum Gasteiger partial charge on any atom is 0.182 e. The first-order chi connectivity index (χ1) is 10.9. The molecule has 0 amide bonds. The van der Waals surface area contributed by atoms with Crippen molar-refractivity contribution in [3.05, 3.63) is 60.6 Å². The summed E-state index contributed by atoms with van der Waals surface area (Å²) >= 11 is 0. The summed E-state index contributed by atoms with van der Waals surface area (Å²) in [4.78, 5) is 8.04. The van der Waals surface area contributed by atoms with Gasteiger partial charge in [-0.1, -0.05) is 36.4 Å². The van der Waals surface area contributed by atoms with Crippen LogP contribution in [0.25, 0.3) is 10.8 Å². The molecule has 108 valence electrons. The van der Waals surface area contributed by atoms with Crippen molar-refractivity contribution in [1.29, 1.82) is 5.26 Å². The number of fused-ring (bicyclic) bond motifs is 1. The molecule has 1 N–H and O–H groups in total. The molecule has 0 aliphatic heterocycles. The number of benzene rings is 2. The molecule has 1 heterocycles. The van der Waals surface area contributed by atoms with E-state index < -0.39 is 0 Å². The quantitative estimate of drug-likeness (QED) is 0.731. The molecule has 0 bridgehead atoms. The lowest BCUT2D eigenvalue weighted by atomic mass is 10.1. The molecule has 1 aromatic heterocycles. The lowest BCUT2D eigenvalue weighted by molar-refractivity contribution is 0.336. The number of nitrogens with zero attached hydrogens (tertiary/aromatic N) is 3. The number of nitrogens with one attached hydrogen (secondary N) is 1. The molecule has 2 aromatic carbocycles. The molecule has 0 aliphatic carbocycles. The van der Waals surface area contributed by atoms with Crippen LogP contribution in [0.5, 0.6) is 5.75 Å². The summed E-state index contributed by atoms with van der Waals surface area (Å²) in [5.74, 6) is 1.33. The summed E-state index contributed by atoms with van der Waals surface area (Å²) in [6.45, 7) is 1.01. The second-order valence-corrected chi connectivity index (χ2v) is 4.62. The highest BCUT2D eigenvalue weighted by Crippen LogP contribution is 2.24. The minimum absolute atomic E-state index is 0.285. The van der Waals surface area contributed by atoms with Crippen LogP contribution in [-0.4, -0.2) is 23.1 Å². The molecule has 0 unspecified atom stereocenters. The molecule has 0 aliphatic rings. The van der Waals surface area contributed by atoms with Crippen molar-refractivity contribution >= 4 is 16.6 Å². The fourth-order valence-electron chi connectivity index (χ4n) is 2.20. The van der Waals surface area contributed by atoms with Gasteiger partial charge in [-0.3, -0.25) is 0 Å². The van der Waals surface area contributed by atoms with Crippen LogP contribution >= 0.6 is 0 Å². The third kappa shape index (κ3) is 2.96. The monoisotopic (exact) mass is 290 g/mol. The number of aromatic nitrogens is 2. The fraction of sp³-hybridized carbons (Fsp3) is 0.118. The Morgan fingerprint density at radius 3 is 2.77 bits per heavy atom. The zero-order valence-corrected chi connectivity index (χ0v) is 11.9. The van der Waals surface area contributed by atoms with E-state index >= 15 is 0 Å². The minimum atomic E-state index is 0.285. The highest BCUT2D eigenvalue weighted by molar-refractivity contribution is 5.88. The summed E-state index contributed by atoms with van der Waals surface area (Å²) in [5, 5.41) is 14.2. The van der Waals surface area contributed by atoms with Gasteiger partial charge in [0, 0.05) is 17.8 Å². The van der Waals surface area contributed by atoms with Crippen molar-refractivity contribution < 1.29 is 4.74 Å². The Kier molecular flexibility index (Phi) is 4.12. The predicted molar refractivity (Wildman–Crippen MR) is 84.7 cm³/mol. The first-order valence-corrected chi connectivity index (χ1v) is 6.94. The van der Waals surface area contributed by atoms with Gasteiger partial charge in [-0.05, 0) is 11.5 Å². The van der Waals surface area contributed by atoms with Crippen molar-refractivity contribution in [3.8, 4) is 11.8 Å². The van der Waals surface area contributed by atoms with Crippen LogP contribution in [0.1, 0.15) is 5.69 Å². The van der Waals surface area contributed by atoms with E-state index in [0.29, 0.717) is 19.0 Å². The molecule has 5 heteroatoms. The Bertz CT molecular complexity index is 821. The summed E-state index contributed by atoms with van der Waals surface area (Å²) in [6.07, 6.45) is 3.05. The van der Waals surface area contributed by atoms with Gasteiger partial charge in [-0.15, -0.1) is 0 Å². The van der Waals surface area contributed by atoms with Gasteiger partial charge in [0.25, 0.3) is 0 Å². The molecule has 22 heavy (non-hydrogen) atoms. The Balaban J connectivity index is 1.62. The number of hydrogen-bond donors (Lipinski definition) is 1. The van der Waals surface area contributed by atoms with Crippen molar-refractivity contribution in [2.75, 3.05) is 18.5 Å². The minimum Gasteiger partial charge on any atom is -0.491 e. The predicted octanol–water partition coefficient (Wildman–Crippen LogP) is 2.99. The van der Waals surface area contributed by atoms with Crippen molar-refractivity contribution in [2.45, 2.75) is 0 Å². The summed E-state index contributed by atoms with van der Waals surface area (Å²) in [5.41, 5.74) is 0.285. The van der Waals surface area contributed by atoms with E-state index in [-0.39, 0.29) is 5.69 Å². The molecule has 3 rings (SSSR count). The summed E-state index contributed by atoms with van der Waals surface area (Å²) < 4.78 is 5.82. The maximum absolute atomic E-state index is 8.95. The van der Waals surface area contributed by atoms with E-state index in [9.17, 15) is 0 Å². The Hall–Kier alpha value is -3.13.